The third kappa shape index (κ3) is 18.1. The van der Waals surface area contributed by atoms with E-state index >= 15 is 14.4 Å². The van der Waals surface area contributed by atoms with Gasteiger partial charge < -0.3 is 50.3 Å². The van der Waals surface area contributed by atoms with E-state index in [1.165, 1.54) is 47.0 Å². The summed E-state index contributed by atoms with van der Waals surface area (Å²) in [6.45, 7) is 6.11. The molecule has 6 aliphatic rings. The topological polar surface area (TPSA) is 340 Å². The summed E-state index contributed by atoms with van der Waals surface area (Å²) in [5.74, 6) is -5.83. The lowest BCUT2D eigenvalue weighted by Crippen LogP contribution is -2.63. The van der Waals surface area contributed by atoms with Crippen LogP contribution in [0, 0.1) is 11.8 Å². The van der Waals surface area contributed by atoms with Crippen molar-refractivity contribution in [1.82, 2.24) is 40.5 Å². The van der Waals surface area contributed by atoms with E-state index in [1.807, 2.05) is 43.3 Å². The molecule has 6 saturated heterocycles. The second-order valence-corrected chi connectivity index (χ2v) is 25.8. The number of nitrogens with one attached hydrogen (secondary N) is 3. The molecule has 7 heterocycles. The number of rotatable bonds is 10. The Morgan fingerprint density at radius 2 is 1.45 bits per heavy atom. The maximum atomic E-state index is 15.7. The average Bonchev–Trinajstić information content (AvgIpc) is 3.63. The normalized spacial score (nSPS) is 27.4. The van der Waals surface area contributed by atoms with E-state index in [0.717, 1.165) is 43.7 Å². The lowest BCUT2D eigenvalue weighted by molar-refractivity contribution is -0.157. The number of aromatic nitrogens is 1. The molecule has 1 aromatic heterocycles. The lowest BCUT2D eigenvalue weighted by Gasteiger charge is -2.45. The molecule has 2 bridgehead atoms. The fraction of sp³-hybridized carbons (Fsp3) is 0.545. The molecule has 0 spiro atoms. The Morgan fingerprint density at radius 1 is 0.807 bits per heavy atom. The molecule has 0 aliphatic carbocycles. The number of nitrogens with zero attached hydrogens (tertiary/aromatic N) is 6. The van der Waals surface area contributed by atoms with Gasteiger partial charge in [-0.25, -0.2) is 9.78 Å². The number of ether oxygens (including phenoxy) is 1. The van der Waals surface area contributed by atoms with Crippen molar-refractivity contribution in [2.75, 3.05) is 77.0 Å². The van der Waals surface area contributed by atoms with Crippen LogP contribution in [0.5, 0.6) is 5.75 Å². The first-order valence-corrected chi connectivity index (χ1v) is 31.9. The number of carbonyl (C=O) groups is 8. The molecular weight excluding hydrogens is 1140 g/mol. The number of esters is 1. The third-order valence-corrected chi connectivity index (χ3v) is 16.7. The summed E-state index contributed by atoms with van der Waals surface area (Å²) in [4.78, 5) is 130. The van der Waals surface area contributed by atoms with E-state index < -0.39 is 121 Å². The number of likely N-dealkylation sites (N-methyl/N-ethyl adjacent to an activating group) is 1. The molecule has 9 rings (SSSR count). The van der Waals surface area contributed by atoms with Crippen LogP contribution in [0.3, 0.4) is 0 Å². The molecule has 6 aliphatic heterocycles. The van der Waals surface area contributed by atoms with Gasteiger partial charge in [0.2, 0.25) is 29.5 Å². The highest BCUT2D eigenvalue weighted by molar-refractivity contribution is 8.00. The van der Waals surface area contributed by atoms with Gasteiger partial charge in [0.25, 0.3) is 26.1 Å². The summed E-state index contributed by atoms with van der Waals surface area (Å²) in [7, 11) is -2.00. The van der Waals surface area contributed by atoms with Crippen LogP contribution in [-0.2, 0) is 65.0 Å². The highest BCUT2D eigenvalue weighted by Gasteiger charge is 2.48. The number of aromatic hydroxyl groups is 1. The number of Topliss-reactive ketones (excluding diaryl/α,β-unsaturated/α-hetero) is 1. The van der Waals surface area contributed by atoms with Gasteiger partial charge >= 0.3 is 5.97 Å². The number of piperidine rings is 4. The van der Waals surface area contributed by atoms with Crippen molar-refractivity contribution >= 4 is 84.9 Å². The van der Waals surface area contributed by atoms with Gasteiger partial charge in [0.1, 0.15) is 47.8 Å². The van der Waals surface area contributed by atoms with Crippen molar-refractivity contribution in [3.8, 4) is 5.75 Å². The molecule has 6 amide bonds. The van der Waals surface area contributed by atoms with Gasteiger partial charge in [0.15, 0.2) is 11.7 Å². The zero-order valence-corrected chi connectivity index (χ0v) is 49.9. The number of hydrogen-bond acceptors (Lipinski definition) is 18. The van der Waals surface area contributed by atoms with Crippen LogP contribution < -0.4 is 20.9 Å². The number of hydrogen-bond donors (Lipinski definition) is 6. The van der Waals surface area contributed by atoms with E-state index in [4.69, 9.17) is 13.8 Å². The largest absolute Gasteiger partial charge is 0.505 e. The minimum Gasteiger partial charge on any atom is -0.505 e. The van der Waals surface area contributed by atoms with Gasteiger partial charge in [0, 0.05) is 82.4 Å². The summed E-state index contributed by atoms with van der Waals surface area (Å²) in [5.41, 5.74) is 1.49. The van der Waals surface area contributed by atoms with Crippen molar-refractivity contribution in [2.24, 2.45) is 11.8 Å². The van der Waals surface area contributed by atoms with Crippen molar-refractivity contribution in [3.05, 3.63) is 89.7 Å². The number of amides is 6. The average molecular weight is 1210 g/mol. The first-order valence-electron chi connectivity index (χ1n) is 27.2. The number of pyridine rings is 1. The van der Waals surface area contributed by atoms with Crippen molar-refractivity contribution in [1.29, 1.82) is 0 Å². The van der Waals surface area contributed by atoms with E-state index in [2.05, 4.69) is 25.8 Å². The summed E-state index contributed by atoms with van der Waals surface area (Å²) in [5, 5.41) is 18.8. The molecule has 9 atom stereocenters. The minimum absolute atomic E-state index is 0.0289. The van der Waals surface area contributed by atoms with Crippen LogP contribution in [-0.4, -0.2) is 217 Å². The fourth-order valence-electron chi connectivity index (χ4n) is 10.8. The van der Waals surface area contributed by atoms with Gasteiger partial charge in [-0.1, -0.05) is 49.4 Å². The Kier molecular flexibility index (Phi) is 22.6. The molecule has 6 N–H and O–H groups in total. The second kappa shape index (κ2) is 28.7. The minimum atomic E-state index is -3.67. The number of cyclic esters (lactones) is 1. The number of carbonyl (C=O) groups excluding carboxylic acids is 8. The van der Waals surface area contributed by atoms with E-state index in [1.54, 1.807) is 49.0 Å². The molecular formula is C55H75N9O16S3. The summed E-state index contributed by atoms with van der Waals surface area (Å²) < 4.78 is 57.7. The molecule has 3 aromatic rings. The SMILES string of the molecule is CC[C@H]1NC(=O)[C@@H](NC(=O)c2ncccc2O)[C@H](C)OC(=O)[C@H](c2ccccc2)NC(=O)[C@@H]2CC(=O)[C@H](CS[C@@H]3CN4CCC3CC4)CN2C(=O)[C@@H](Cc2ccc(N(C)C)cc2)N(C)C(=O)[C@@H]2CCCN2C1=O.CS(=O)(=O)O.CS(=O)(=O)O. The van der Waals surface area contributed by atoms with Crippen LogP contribution in [0.15, 0.2) is 72.9 Å². The Hall–Kier alpha value is -6.72. The summed E-state index contributed by atoms with van der Waals surface area (Å²) in [6, 6.07) is 10.3. The standard InChI is InChI=1S/C53H67N9O10S.2CH4O3S/c1-6-37-50(68)61-23-11-14-38(61)51(69)59(5)40(26-32-16-18-36(19-17-32)58(3)4)52(70)62-28-35(30-73-43-29-60-24-20-33(43)21-25-60)42(64)27-39(62)47(65)57-45(34-12-8-7-9-13-34)53(71)72-31(2)44(48(66)55-37)56-49(67)46-41(63)15-10-22-54-46;2*1-5(2,3)4/h7-10,12-13,15-19,22,31,33,35,37-40,43-45,63H,6,11,14,20-21,23-30H2,1-5H3,(H,55,66)(H,56,67)(H,57,65);2*1H3,(H,2,3,4)/t31-,35-,37+,38-,39-,40+,43+,44-,45-;;/m0../s1. The predicted octanol–water partition coefficient (Wildman–Crippen LogP) is 1.33. The molecule has 0 radical (unpaired) electrons. The molecule has 6 fully saturated rings. The highest BCUT2D eigenvalue weighted by atomic mass is 32.2. The number of anilines is 1. The van der Waals surface area contributed by atoms with Crippen LogP contribution in [0.2, 0.25) is 0 Å². The van der Waals surface area contributed by atoms with E-state index in [0.29, 0.717) is 35.9 Å². The van der Waals surface area contributed by atoms with Gasteiger partial charge in [-0.15, -0.1) is 0 Å². The number of fused-ring (bicyclic) bond motifs is 5. The molecule has 454 valence electrons. The summed E-state index contributed by atoms with van der Waals surface area (Å²) in [6.07, 6.45) is 3.83. The van der Waals surface area contributed by atoms with Gasteiger partial charge in [-0.3, -0.25) is 42.7 Å². The smallest absolute Gasteiger partial charge is 0.333 e. The lowest BCUT2D eigenvalue weighted by atomic mass is 9.88. The Bertz CT molecular complexity index is 3010. The Morgan fingerprint density at radius 3 is 2.02 bits per heavy atom. The zero-order valence-electron chi connectivity index (χ0n) is 47.5. The molecule has 2 aromatic carbocycles. The molecule has 25 nitrogen and oxygen atoms in total. The highest BCUT2D eigenvalue weighted by Crippen LogP contribution is 2.37. The molecule has 28 heteroatoms. The zero-order chi connectivity index (χ0) is 61.1. The van der Waals surface area contributed by atoms with Crippen LogP contribution in [0.25, 0.3) is 0 Å². The van der Waals surface area contributed by atoms with Gasteiger partial charge in [-0.05, 0) is 93.4 Å². The number of benzene rings is 2. The summed E-state index contributed by atoms with van der Waals surface area (Å²) >= 11 is 1.73. The monoisotopic (exact) mass is 1210 g/mol. The number of thioether (sulfide) groups is 1. The maximum Gasteiger partial charge on any atom is 0.333 e. The predicted molar refractivity (Wildman–Crippen MR) is 307 cm³/mol. The van der Waals surface area contributed by atoms with Crippen molar-refractivity contribution in [2.45, 2.75) is 106 Å². The molecule has 0 unspecified atom stereocenters. The van der Waals surface area contributed by atoms with E-state index in [9.17, 15) is 45.9 Å². The number of ketones is 1. The van der Waals surface area contributed by atoms with Crippen molar-refractivity contribution in [3.63, 3.8) is 0 Å². The van der Waals surface area contributed by atoms with Gasteiger partial charge in [-0.2, -0.15) is 28.6 Å². The Balaban J connectivity index is 0.00000102. The molecule has 83 heavy (non-hydrogen) atoms. The van der Waals surface area contributed by atoms with Crippen molar-refractivity contribution < 1.29 is 74.1 Å². The van der Waals surface area contributed by atoms with Gasteiger partial charge in [0.05, 0.1) is 12.5 Å². The van der Waals surface area contributed by atoms with Crippen LogP contribution in [0.1, 0.15) is 80.0 Å². The Labute approximate surface area is 488 Å². The first kappa shape index (κ1) is 65.4. The second-order valence-electron chi connectivity index (χ2n) is 21.6. The third-order valence-electron chi connectivity index (χ3n) is 15.2. The van der Waals surface area contributed by atoms with E-state index in [-0.39, 0.29) is 50.1 Å². The maximum absolute atomic E-state index is 15.7. The van der Waals surface area contributed by atoms with Crippen LogP contribution >= 0.6 is 11.8 Å². The molecule has 0 saturated carbocycles. The van der Waals surface area contributed by atoms with Crippen LogP contribution in [0.4, 0.5) is 5.69 Å². The fourth-order valence-corrected chi connectivity index (χ4v) is 12.4. The quantitative estimate of drug-likeness (QED) is 0.123. The first-order chi connectivity index (χ1) is 39.0.